The Morgan fingerprint density at radius 1 is 1.39 bits per heavy atom. The van der Waals surface area contributed by atoms with E-state index >= 15 is 0 Å². The lowest BCUT2D eigenvalue weighted by atomic mass is 10.0. The average molecular weight is 252 g/mol. The SMILES string of the molecule is CC(C)=CCn1cc(CC(C(=O)O)C(=O)O)cn1. The van der Waals surface area contributed by atoms with Crippen molar-refractivity contribution in [1.82, 2.24) is 9.78 Å². The van der Waals surface area contributed by atoms with E-state index < -0.39 is 17.9 Å². The lowest BCUT2D eigenvalue weighted by Gasteiger charge is -2.04. The second-order valence-corrected chi connectivity index (χ2v) is 4.29. The van der Waals surface area contributed by atoms with Crippen molar-refractivity contribution in [3.05, 3.63) is 29.6 Å². The van der Waals surface area contributed by atoms with Crippen LogP contribution in [0, 0.1) is 5.92 Å². The quantitative estimate of drug-likeness (QED) is 0.585. The Labute approximate surface area is 105 Å². The Morgan fingerprint density at radius 2 is 2.00 bits per heavy atom. The Balaban J connectivity index is 2.71. The molecule has 0 fully saturated rings. The monoisotopic (exact) mass is 252 g/mol. The van der Waals surface area contributed by atoms with Gasteiger partial charge in [-0.1, -0.05) is 11.6 Å². The third-order valence-corrected chi connectivity index (χ3v) is 2.41. The van der Waals surface area contributed by atoms with E-state index in [2.05, 4.69) is 5.10 Å². The average Bonchev–Trinajstić information content (AvgIpc) is 2.70. The lowest BCUT2D eigenvalue weighted by Crippen LogP contribution is -2.25. The molecule has 0 saturated heterocycles. The number of rotatable bonds is 6. The summed E-state index contributed by atoms with van der Waals surface area (Å²) in [6.07, 6.45) is 5.08. The predicted octanol–water partition coefficient (Wildman–Crippen LogP) is 1.18. The van der Waals surface area contributed by atoms with E-state index in [-0.39, 0.29) is 6.42 Å². The van der Waals surface area contributed by atoms with Crippen LogP contribution in [0.1, 0.15) is 19.4 Å². The number of nitrogens with zero attached hydrogens (tertiary/aromatic N) is 2. The number of carbonyl (C=O) groups is 2. The molecule has 6 nitrogen and oxygen atoms in total. The summed E-state index contributed by atoms with van der Waals surface area (Å²) in [4.78, 5) is 21.5. The van der Waals surface area contributed by atoms with Crippen molar-refractivity contribution in [3.8, 4) is 0 Å². The van der Waals surface area contributed by atoms with Gasteiger partial charge in [0.1, 0.15) is 0 Å². The highest BCUT2D eigenvalue weighted by Gasteiger charge is 2.26. The zero-order valence-corrected chi connectivity index (χ0v) is 10.3. The zero-order chi connectivity index (χ0) is 13.7. The molecule has 0 saturated carbocycles. The molecule has 0 amide bonds. The molecule has 0 aliphatic heterocycles. The maximum atomic E-state index is 10.7. The fourth-order valence-electron chi connectivity index (χ4n) is 1.40. The van der Waals surface area contributed by atoms with Crippen LogP contribution >= 0.6 is 0 Å². The molecular formula is C12H16N2O4. The van der Waals surface area contributed by atoms with Crippen molar-refractivity contribution >= 4 is 11.9 Å². The maximum absolute atomic E-state index is 10.7. The van der Waals surface area contributed by atoms with Gasteiger partial charge in [-0.05, 0) is 25.8 Å². The first-order valence-electron chi connectivity index (χ1n) is 5.50. The van der Waals surface area contributed by atoms with Gasteiger partial charge in [-0.3, -0.25) is 14.3 Å². The molecule has 0 aromatic carbocycles. The minimum atomic E-state index is -1.42. The highest BCUT2D eigenvalue weighted by atomic mass is 16.4. The molecule has 0 radical (unpaired) electrons. The molecule has 0 unspecified atom stereocenters. The molecule has 98 valence electrons. The fraction of sp³-hybridized carbons (Fsp3) is 0.417. The van der Waals surface area contributed by atoms with Crippen molar-refractivity contribution in [1.29, 1.82) is 0 Å². The second kappa shape index (κ2) is 6.00. The molecule has 0 bridgehead atoms. The Morgan fingerprint density at radius 3 is 2.50 bits per heavy atom. The molecule has 2 N–H and O–H groups in total. The zero-order valence-electron chi connectivity index (χ0n) is 10.3. The first-order valence-corrected chi connectivity index (χ1v) is 5.50. The third kappa shape index (κ3) is 4.04. The number of aliphatic carboxylic acids is 2. The molecule has 0 aliphatic carbocycles. The largest absolute Gasteiger partial charge is 0.481 e. The van der Waals surface area contributed by atoms with Crippen LogP contribution in [0.2, 0.25) is 0 Å². The van der Waals surface area contributed by atoms with Crippen LogP contribution in [0.15, 0.2) is 24.0 Å². The number of aromatic nitrogens is 2. The second-order valence-electron chi connectivity index (χ2n) is 4.29. The number of allylic oxidation sites excluding steroid dienone is 2. The van der Waals surface area contributed by atoms with Crippen molar-refractivity contribution in [2.45, 2.75) is 26.8 Å². The standard InChI is InChI=1S/C12H16N2O4/c1-8(2)3-4-14-7-9(6-13-14)5-10(11(15)16)12(17)18/h3,6-7,10H,4-5H2,1-2H3,(H,15,16)(H,17,18). The van der Waals surface area contributed by atoms with Crippen molar-refractivity contribution in [2.24, 2.45) is 5.92 Å². The van der Waals surface area contributed by atoms with Gasteiger partial charge in [0.15, 0.2) is 5.92 Å². The number of carboxylic acid groups (broad SMARTS) is 2. The van der Waals surface area contributed by atoms with Gasteiger partial charge in [0.25, 0.3) is 0 Å². The van der Waals surface area contributed by atoms with Crippen molar-refractivity contribution in [2.75, 3.05) is 0 Å². The summed E-state index contributed by atoms with van der Waals surface area (Å²) in [5, 5.41) is 21.6. The highest BCUT2D eigenvalue weighted by molar-refractivity contribution is 5.93. The van der Waals surface area contributed by atoms with E-state index in [0.717, 1.165) is 5.57 Å². The van der Waals surface area contributed by atoms with E-state index in [0.29, 0.717) is 12.1 Å². The van der Waals surface area contributed by atoms with Crippen LogP contribution in [0.5, 0.6) is 0 Å². The minimum absolute atomic E-state index is 0.0561. The first-order chi connectivity index (χ1) is 8.40. The van der Waals surface area contributed by atoms with Gasteiger partial charge in [-0.15, -0.1) is 0 Å². The topological polar surface area (TPSA) is 92.4 Å². The molecule has 1 rings (SSSR count). The van der Waals surface area contributed by atoms with Crippen LogP contribution in [-0.4, -0.2) is 31.9 Å². The van der Waals surface area contributed by atoms with Crippen LogP contribution in [0.3, 0.4) is 0 Å². The van der Waals surface area contributed by atoms with Gasteiger partial charge >= 0.3 is 11.9 Å². The van der Waals surface area contributed by atoms with Gasteiger partial charge in [0.05, 0.1) is 12.7 Å². The number of hydrogen-bond donors (Lipinski definition) is 2. The summed E-state index contributed by atoms with van der Waals surface area (Å²) in [5.74, 6) is -4.09. The van der Waals surface area contributed by atoms with E-state index in [1.54, 1.807) is 10.9 Å². The summed E-state index contributed by atoms with van der Waals surface area (Å²) in [7, 11) is 0. The molecule has 6 heteroatoms. The molecule has 1 aromatic rings. The van der Waals surface area contributed by atoms with Gasteiger partial charge in [0, 0.05) is 6.20 Å². The Bertz CT molecular complexity index is 458. The van der Waals surface area contributed by atoms with Crippen LogP contribution in [0.25, 0.3) is 0 Å². The van der Waals surface area contributed by atoms with Crippen LogP contribution in [-0.2, 0) is 22.6 Å². The van der Waals surface area contributed by atoms with E-state index in [1.807, 2.05) is 19.9 Å². The predicted molar refractivity (Wildman–Crippen MR) is 64.1 cm³/mol. The summed E-state index contributed by atoms with van der Waals surface area (Å²) < 4.78 is 1.64. The molecule has 18 heavy (non-hydrogen) atoms. The third-order valence-electron chi connectivity index (χ3n) is 2.41. The molecule has 1 heterocycles. The van der Waals surface area contributed by atoms with Gasteiger partial charge in [-0.25, -0.2) is 0 Å². The van der Waals surface area contributed by atoms with Crippen LogP contribution < -0.4 is 0 Å². The van der Waals surface area contributed by atoms with Gasteiger partial charge in [-0.2, -0.15) is 5.10 Å². The van der Waals surface area contributed by atoms with Crippen LogP contribution in [0.4, 0.5) is 0 Å². The normalized spacial score (nSPS) is 10.4. The Kier molecular flexibility index (Phi) is 4.65. The molecule has 0 aliphatic rings. The summed E-state index contributed by atoms with van der Waals surface area (Å²) in [6.45, 7) is 4.53. The molecule has 0 spiro atoms. The van der Waals surface area contributed by atoms with E-state index in [1.165, 1.54) is 6.20 Å². The van der Waals surface area contributed by atoms with Crippen molar-refractivity contribution < 1.29 is 19.8 Å². The Hall–Kier alpha value is -2.11. The maximum Gasteiger partial charge on any atom is 0.318 e. The smallest absolute Gasteiger partial charge is 0.318 e. The number of carboxylic acids is 2. The number of hydrogen-bond acceptors (Lipinski definition) is 3. The van der Waals surface area contributed by atoms with E-state index in [4.69, 9.17) is 10.2 Å². The fourth-order valence-corrected chi connectivity index (χ4v) is 1.40. The lowest BCUT2D eigenvalue weighted by molar-refractivity contribution is -0.154. The van der Waals surface area contributed by atoms with Gasteiger partial charge in [0.2, 0.25) is 0 Å². The van der Waals surface area contributed by atoms with Gasteiger partial charge < -0.3 is 10.2 Å². The summed E-state index contributed by atoms with van der Waals surface area (Å²) >= 11 is 0. The first kappa shape index (κ1) is 14.0. The molecular weight excluding hydrogens is 236 g/mol. The minimum Gasteiger partial charge on any atom is -0.481 e. The van der Waals surface area contributed by atoms with Crippen molar-refractivity contribution in [3.63, 3.8) is 0 Å². The summed E-state index contributed by atoms with van der Waals surface area (Å²) in [6, 6.07) is 0. The van der Waals surface area contributed by atoms with E-state index in [9.17, 15) is 9.59 Å². The molecule has 1 aromatic heterocycles. The highest BCUT2D eigenvalue weighted by Crippen LogP contribution is 2.09. The molecule has 0 atom stereocenters. The summed E-state index contributed by atoms with van der Waals surface area (Å²) in [5.41, 5.74) is 1.76.